The molecule has 1 aromatic rings. The molecule has 0 saturated carbocycles. The summed E-state index contributed by atoms with van der Waals surface area (Å²) in [4.78, 5) is 13.4. The van der Waals surface area contributed by atoms with Crippen LogP contribution in [0, 0.1) is 0 Å². The van der Waals surface area contributed by atoms with Crippen LogP contribution in [-0.2, 0) is 19.6 Å². The molecule has 1 aliphatic heterocycles. The van der Waals surface area contributed by atoms with Crippen LogP contribution < -0.4 is 0 Å². The van der Waals surface area contributed by atoms with E-state index in [0.29, 0.717) is 13.1 Å². The summed E-state index contributed by atoms with van der Waals surface area (Å²) < 4.78 is 1.81. The van der Waals surface area contributed by atoms with Gasteiger partial charge in [-0.3, -0.25) is 9.58 Å². The van der Waals surface area contributed by atoms with Gasteiger partial charge in [-0.25, -0.2) is 4.79 Å². The van der Waals surface area contributed by atoms with Crippen LogP contribution in [0.15, 0.2) is 0 Å². The Morgan fingerprint density at radius 3 is 2.53 bits per heavy atom. The molecule has 5 heteroatoms. The summed E-state index contributed by atoms with van der Waals surface area (Å²) in [6.45, 7) is 10.6. The number of carboxylic acid groups (broad SMARTS) is 1. The molecule has 2 heterocycles. The van der Waals surface area contributed by atoms with Crippen LogP contribution in [0.5, 0.6) is 0 Å². The summed E-state index contributed by atoms with van der Waals surface area (Å²) in [5, 5.41) is 13.3. The molecule has 17 heavy (non-hydrogen) atoms. The van der Waals surface area contributed by atoms with E-state index in [9.17, 15) is 4.79 Å². The molecule has 0 bridgehead atoms. The fraction of sp³-hybridized carbons (Fsp3) is 0.667. The molecule has 0 fully saturated rings. The Bertz CT molecular complexity index is 457. The van der Waals surface area contributed by atoms with Gasteiger partial charge in [0.1, 0.15) is 0 Å². The zero-order valence-electron chi connectivity index (χ0n) is 10.8. The van der Waals surface area contributed by atoms with Gasteiger partial charge in [-0.05, 0) is 27.7 Å². The van der Waals surface area contributed by atoms with Gasteiger partial charge in [0, 0.05) is 30.7 Å². The molecule has 0 unspecified atom stereocenters. The highest BCUT2D eigenvalue weighted by Crippen LogP contribution is 2.31. The first kappa shape index (κ1) is 12.1. The van der Waals surface area contributed by atoms with Gasteiger partial charge < -0.3 is 5.11 Å². The topological polar surface area (TPSA) is 58.4 Å². The molecule has 0 atom stereocenters. The number of rotatable bonds is 2. The monoisotopic (exact) mass is 237 g/mol. The van der Waals surface area contributed by atoms with E-state index in [4.69, 9.17) is 5.11 Å². The zero-order valence-corrected chi connectivity index (χ0v) is 10.8. The minimum Gasteiger partial charge on any atom is -0.476 e. The third-order valence-corrected chi connectivity index (χ3v) is 3.31. The second-order valence-corrected chi connectivity index (χ2v) is 5.42. The van der Waals surface area contributed by atoms with E-state index < -0.39 is 5.97 Å². The molecule has 0 aliphatic carbocycles. The molecule has 1 aliphatic rings. The normalized spacial score (nSPS) is 16.2. The predicted octanol–water partition coefficient (Wildman–Crippen LogP) is 1.72. The Balaban J connectivity index is 2.40. The third-order valence-electron chi connectivity index (χ3n) is 3.31. The van der Waals surface area contributed by atoms with Crippen LogP contribution in [0.1, 0.15) is 49.4 Å². The minimum atomic E-state index is -0.927. The standard InChI is InChI=1S/C12H19N3O2/c1-5-15-9-7-14(12(2,3)4)6-8(9)10(13-15)11(16)17/h5-7H2,1-4H3,(H,16,17). The Morgan fingerprint density at radius 2 is 2.06 bits per heavy atom. The molecule has 2 rings (SSSR count). The lowest BCUT2D eigenvalue weighted by molar-refractivity contribution is 0.0684. The van der Waals surface area contributed by atoms with Crippen molar-refractivity contribution in [1.29, 1.82) is 0 Å². The maximum atomic E-state index is 11.2. The van der Waals surface area contributed by atoms with Crippen LogP contribution in [0.4, 0.5) is 0 Å². The van der Waals surface area contributed by atoms with Crippen molar-refractivity contribution >= 4 is 5.97 Å². The van der Waals surface area contributed by atoms with Gasteiger partial charge in [-0.1, -0.05) is 0 Å². The van der Waals surface area contributed by atoms with Crippen LogP contribution in [0.3, 0.4) is 0 Å². The largest absolute Gasteiger partial charge is 0.476 e. The minimum absolute atomic E-state index is 0.0490. The molecular weight excluding hydrogens is 218 g/mol. The SMILES string of the molecule is CCn1nc(C(=O)O)c2c1CN(C(C)(C)C)C2. The van der Waals surface area contributed by atoms with E-state index in [1.54, 1.807) is 0 Å². The maximum Gasteiger partial charge on any atom is 0.356 e. The maximum absolute atomic E-state index is 11.2. The Labute approximate surface area is 101 Å². The second kappa shape index (κ2) is 3.84. The molecule has 0 spiro atoms. The number of carbonyl (C=O) groups is 1. The van der Waals surface area contributed by atoms with Crippen LogP contribution >= 0.6 is 0 Å². The van der Waals surface area contributed by atoms with E-state index in [2.05, 4.69) is 30.8 Å². The summed E-state index contributed by atoms with van der Waals surface area (Å²) >= 11 is 0. The van der Waals surface area contributed by atoms with Gasteiger partial charge in [0.2, 0.25) is 0 Å². The van der Waals surface area contributed by atoms with E-state index in [1.165, 1.54) is 0 Å². The number of nitrogens with zero attached hydrogens (tertiary/aromatic N) is 3. The van der Waals surface area contributed by atoms with E-state index in [-0.39, 0.29) is 11.2 Å². The summed E-state index contributed by atoms with van der Waals surface area (Å²) in [5.74, 6) is -0.927. The molecule has 0 radical (unpaired) electrons. The Morgan fingerprint density at radius 1 is 1.41 bits per heavy atom. The lowest BCUT2D eigenvalue weighted by Gasteiger charge is -2.31. The average Bonchev–Trinajstić information content (AvgIpc) is 2.72. The molecule has 94 valence electrons. The Kier molecular flexibility index (Phi) is 2.73. The highest BCUT2D eigenvalue weighted by Gasteiger charge is 2.34. The van der Waals surface area contributed by atoms with E-state index in [0.717, 1.165) is 17.8 Å². The summed E-state index contributed by atoms with van der Waals surface area (Å²) in [6.07, 6.45) is 0. The van der Waals surface area contributed by atoms with Crippen LogP contribution in [0.2, 0.25) is 0 Å². The first-order chi connectivity index (χ1) is 7.84. The highest BCUT2D eigenvalue weighted by atomic mass is 16.4. The first-order valence-corrected chi connectivity index (χ1v) is 5.91. The van der Waals surface area contributed by atoms with Crippen LogP contribution in [0.25, 0.3) is 0 Å². The van der Waals surface area contributed by atoms with Gasteiger partial charge in [0.05, 0.1) is 5.69 Å². The van der Waals surface area contributed by atoms with Crippen LogP contribution in [-0.4, -0.2) is 31.3 Å². The number of hydrogen-bond donors (Lipinski definition) is 1. The predicted molar refractivity (Wildman–Crippen MR) is 63.9 cm³/mol. The third kappa shape index (κ3) is 1.95. The highest BCUT2D eigenvalue weighted by molar-refractivity contribution is 5.87. The van der Waals surface area contributed by atoms with Crippen molar-refractivity contribution in [3.8, 4) is 0 Å². The second-order valence-electron chi connectivity index (χ2n) is 5.42. The number of carboxylic acids is 1. The number of aromatic carboxylic acids is 1. The van der Waals surface area contributed by atoms with Crippen molar-refractivity contribution in [2.75, 3.05) is 0 Å². The lowest BCUT2D eigenvalue weighted by atomic mass is 10.1. The fourth-order valence-electron chi connectivity index (χ4n) is 2.21. The summed E-state index contributed by atoms with van der Waals surface area (Å²) in [5.41, 5.74) is 2.20. The van der Waals surface area contributed by atoms with E-state index in [1.807, 2.05) is 11.6 Å². The average molecular weight is 237 g/mol. The van der Waals surface area contributed by atoms with Gasteiger partial charge in [-0.15, -0.1) is 0 Å². The van der Waals surface area contributed by atoms with Gasteiger partial charge in [0.15, 0.2) is 5.69 Å². The van der Waals surface area contributed by atoms with Gasteiger partial charge >= 0.3 is 5.97 Å². The van der Waals surface area contributed by atoms with E-state index >= 15 is 0 Å². The molecule has 5 nitrogen and oxygen atoms in total. The number of hydrogen-bond acceptors (Lipinski definition) is 3. The van der Waals surface area contributed by atoms with Crippen molar-refractivity contribution < 1.29 is 9.90 Å². The molecule has 0 saturated heterocycles. The number of fused-ring (bicyclic) bond motifs is 1. The first-order valence-electron chi connectivity index (χ1n) is 5.91. The van der Waals surface area contributed by atoms with Crippen molar-refractivity contribution in [2.45, 2.75) is 52.9 Å². The summed E-state index contributed by atoms with van der Waals surface area (Å²) in [6, 6.07) is 0. The van der Waals surface area contributed by atoms with Crippen molar-refractivity contribution in [2.24, 2.45) is 0 Å². The molecule has 0 amide bonds. The number of aromatic nitrogens is 2. The molecular formula is C12H19N3O2. The summed E-state index contributed by atoms with van der Waals surface area (Å²) in [7, 11) is 0. The zero-order chi connectivity index (χ0) is 12.8. The molecule has 1 aromatic heterocycles. The van der Waals surface area contributed by atoms with Gasteiger partial charge in [-0.2, -0.15) is 5.10 Å². The quantitative estimate of drug-likeness (QED) is 0.850. The lowest BCUT2D eigenvalue weighted by Crippen LogP contribution is -2.37. The van der Waals surface area contributed by atoms with Gasteiger partial charge in [0.25, 0.3) is 0 Å². The smallest absolute Gasteiger partial charge is 0.356 e. The van der Waals surface area contributed by atoms with Crippen molar-refractivity contribution in [1.82, 2.24) is 14.7 Å². The number of aryl methyl sites for hydroxylation is 1. The Hall–Kier alpha value is -1.36. The van der Waals surface area contributed by atoms with Crippen molar-refractivity contribution in [3.05, 3.63) is 17.0 Å². The fourth-order valence-corrected chi connectivity index (χ4v) is 2.21. The molecule has 0 aromatic carbocycles. The molecule has 1 N–H and O–H groups in total. The van der Waals surface area contributed by atoms with Crippen molar-refractivity contribution in [3.63, 3.8) is 0 Å².